The lowest BCUT2D eigenvalue weighted by atomic mass is 9.95. The zero-order chi connectivity index (χ0) is 28.3. The number of nitrogens with zero attached hydrogens (tertiary/aromatic N) is 2. The first-order valence-electron chi connectivity index (χ1n) is 12.2. The van der Waals surface area contributed by atoms with E-state index in [-0.39, 0.29) is 30.5 Å². The SMILES string of the molecule is C#CCOc1c(Cl)cc(/C=c2/sc3n(c2=O)[C@H](c2ccccc2OC(C)C)C(C(=O)OCC)=C(C)N=3)cc1Br. The Balaban J connectivity index is 1.93. The first-order chi connectivity index (χ1) is 18.7. The number of aromatic nitrogens is 1. The summed E-state index contributed by atoms with van der Waals surface area (Å²) in [5.41, 5.74) is 1.80. The lowest BCUT2D eigenvalue weighted by Gasteiger charge is -2.26. The first-order valence-corrected chi connectivity index (χ1v) is 14.2. The molecule has 1 atom stereocenters. The van der Waals surface area contributed by atoms with Crippen LogP contribution in [0, 0.1) is 12.3 Å². The van der Waals surface area contributed by atoms with Gasteiger partial charge in [-0.3, -0.25) is 9.36 Å². The van der Waals surface area contributed by atoms with Crippen molar-refractivity contribution in [2.45, 2.75) is 39.8 Å². The Bertz CT molecular complexity index is 1660. The Morgan fingerprint density at radius 1 is 1.33 bits per heavy atom. The van der Waals surface area contributed by atoms with Crippen LogP contribution in [0.2, 0.25) is 5.02 Å². The van der Waals surface area contributed by atoms with E-state index >= 15 is 0 Å². The van der Waals surface area contributed by atoms with Crippen LogP contribution in [0.5, 0.6) is 11.5 Å². The van der Waals surface area contributed by atoms with Crippen molar-refractivity contribution < 1.29 is 19.0 Å². The topological polar surface area (TPSA) is 79.1 Å². The number of benzene rings is 2. The minimum atomic E-state index is -0.785. The molecule has 3 aromatic rings. The van der Waals surface area contributed by atoms with Crippen molar-refractivity contribution in [1.29, 1.82) is 0 Å². The number of para-hydroxylation sites is 1. The van der Waals surface area contributed by atoms with Gasteiger partial charge in [0.1, 0.15) is 18.4 Å². The zero-order valence-electron chi connectivity index (χ0n) is 21.8. The highest BCUT2D eigenvalue weighted by Crippen LogP contribution is 2.37. The van der Waals surface area contributed by atoms with Gasteiger partial charge in [-0.2, -0.15) is 0 Å². The second-order valence-electron chi connectivity index (χ2n) is 8.81. The summed E-state index contributed by atoms with van der Waals surface area (Å²) in [6.45, 7) is 7.57. The molecule has 4 rings (SSSR count). The molecule has 7 nitrogen and oxygen atoms in total. The zero-order valence-corrected chi connectivity index (χ0v) is 24.9. The van der Waals surface area contributed by atoms with Gasteiger partial charge in [0.2, 0.25) is 0 Å². The number of fused-ring (bicyclic) bond motifs is 1. The van der Waals surface area contributed by atoms with Crippen molar-refractivity contribution in [1.82, 2.24) is 4.57 Å². The maximum absolute atomic E-state index is 13.9. The third-order valence-corrected chi connectivity index (χ3v) is 7.56. The fraction of sp³-hybridized carbons (Fsp3) is 0.276. The summed E-state index contributed by atoms with van der Waals surface area (Å²) in [4.78, 5) is 32.2. The molecule has 2 heterocycles. The van der Waals surface area contributed by atoms with Gasteiger partial charge in [0.15, 0.2) is 10.6 Å². The van der Waals surface area contributed by atoms with E-state index in [1.807, 2.05) is 38.1 Å². The average molecular weight is 630 g/mol. The Morgan fingerprint density at radius 3 is 2.74 bits per heavy atom. The van der Waals surface area contributed by atoms with Crippen LogP contribution in [0.15, 0.2) is 61.9 Å². The van der Waals surface area contributed by atoms with Crippen molar-refractivity contribution in [3.8, 4) is 23.8 Å². The molecule has 0 unspecified atom stereocenters. The first kappa shape index (κ1) is 28.7. The van der Waals surface area contributed by atoms with Crippen molar-refractivity contribution in [3.05, 3.63) is 88.0 Å². The number of esters is 1. The molecule has 39 heavy (non-hydrogen) atoms. The summed E-state index contributed by atoms with van der Waals surface area (Å²) in [6.07, 6.45) is 6.90. The quantitative estimate of drug-likeness (QED) is 0.259. The van der Waals surface area contributed by atoms with Gasteiger partial charge in [-0.25, -0.2) is 9.79 Å². The molecule has 0 saturated carbocycles. The predicted molar refractivity (Wildman–Crippen MR) is 156 cm³/mol. The molecule has 0 fully saturated rings. The molecule has 0 saturated heterocycles. The number of carbonyl (C=O) groups is 1. The largest absolute Gasteiger partial charge is 0.491 e. The Hall–Kier alpha value is -3.32. The van der Waals surface area contributed by atoms with Crippen molar-refractivity contribution in [3.63, 3.8) is 0 Å². The number of rotatable bonds is 8. The summed E-state index contributed by atoms with van der Waals surface area (Å²) in [5, 5.41) is 0.344. The fourth-order valence-electron chi connectivity index (χ4n) is 4.22. The molecule has 0 bridgehead atoms. The monoisotopic (exact) mass is 628 g/mol. The highest BCUT2D eigenvalue weighted by atomic mass is 79.9. The number of hydrogen-bond acceptors (Lipinski definition) is 7. The Labute approximate surface area is 243 Å². The summed E-state index contributed by atoms with van der Waals surface area (Å²) >= 11 is 11.1. The molecule has 0 spiro atoms. The molecule has 0 N–H and O–H groups in total. The van der Waals surface area contributed by atoms with E-state index in [0.29, 0.717) is 47.2 Å². The number of terminal acetylenes is 1. The van der Waals surface area contributed by atoms with E-state index in [0.717, 1.165) is 0 Å². The molecule has 1 aromatic heterocycles. The van der Waals surface area contributed by atoms with Crippen LogP contribution >= 0.6 is 38.9 Å². The Morgan fingerprint density at radius 2 is 2.08 bits per heavy atom. The molecule has 1 aliphatic rings. The second kappa shape index (κ2) is 12.2. The maximum Gasteiger partial charge on any atom is 0.338 e. The van der Waals surface area contributed by atoms with Gasteiger partial charge in [-0.1, -0.05) is 47.1 Å². The van der Waals surface area contributed by atoms with Crippen LogP contribution in [0.25, 0.3) is 6.08 Å². The summed E-state index contributed by atoms with van der Waals surface area (Å²) in [5.74, 6) is 2.87. The number of hydrogen-bond donors (Lipinski definition) is 0. The number of halogens is 2. The lowest BCUT2D eigenvalue weighted by molar-refractivity contribution is -0.139. The van der Waals surface area contributed by atoms with Gasteiger partial charge >= 0.3 is 5.97 Å². The van der Waals surface area contributed by atoms with Crippen molar-refractivity contribution >= 4 is 50.9 Å². The molecule has 0 radical (unpaired) electrons. The van der Waals surface area contributed by atoms with Gasteiger partial charge in [0.05, 0.1) is 38.0 Å². The summed E-state index contributed by atoms with van der Waals surface area (Å²) < 4.78 is 19.5. The predicted octanol–water partition coefficient (Wildman–Crippen LogP) is 5.01. The van der Waals surface area contributed by atoms with Crippen LogP contribution < -0.4 is 24.4 Å². The summed E-state index contributed by atoms with van der Waals surface area (Å²) in [7, 11) is 0. The average Bonchev–Trinajstić information content (AvgIpc) is 3.17. The molecule has 2 aromatic carbocycles. The van der Waals surface area contributed by atoms with Crippen LogP contribution in [0.3, 0.4) is 0 Å². The Kier molecular flexibility index (Phi) is 9.01. The van der Waals surface area contributed by atoms with Gasteiger partial charge in [-0.05, 0) is 73.5 Å². The highest BCUT2D eigenvalue weighted by Gasteiger charge is 2.35. The third kappa shape index (κ3) is 5.98. The molecule has 202 valence electrons. The van der Waals surface area contributed by atoms with Crippen LogP contribution in [0.4, 0.5) is 0 Å². The van der Waals surface area contributed by atoms with Gasteiger partial charge in [0, 0.05) is 5.56 Å². The van der Waals surface area contributed by atoms with Gasteiger partial charge < -0.3 is 14.2 Å². The molecular formula is C29H26BrClN2O5S. The van der Waals surface area contributed by atoms with E-state index in [4.69, 9.17) is 32.2 Å². The fourth-order valence-corrected chi connectivity index (χ4v) is 6.25. The third-order valence-electron chi connectivity index (χ3n) is 5.71. The van der Waals surface area contributed by atoms with Crippen LogP contribution in [-0.4, -0.2) is 29.9 Å². The van der Waals surface area contributed by atoms with E-state index in [9.17, 15) is 9.59 Å². The lowest BCUT2D eigenvalue weighted by Crippen LogP contribution is -2.40. The van der Waals surface area contributed by atoms with Crippen molar-refractivity contribution in [2.24, 2.45) is 4.99 Å². The van der Waals surface area contributed by atoms with Gasteiger partial charge in [-0.15, -0.1) is 6.42 Å². The minimum absolute atomic E-state index is 0.0699. The van der Waals surface area contributed by atoms with Gasteiger partial charge in [0.25, 0.3) is 5.56 Å². The molecule has 10 heteroatoms. The van der Waals surface area contributed by atoms with E-state index in [1.54, 1.807) is 32.1 Å². The standard InChI is InChI=1S/C29H26BrClN2O5S/c1-6-12-37-26-20(30)13-18(14-21(26)31)15-23-27(34)33-25(19-10-8-9-11-22(19)38-16(3)4)24(28(35)36-7-2)17(5)32-29(33)39-23/h1,8-11,13-16,25H,7,12H2,2-5H3/b23-15+/t25-/m1/s1. The maximum atomic E-state index is 13.9. The number of thiazole rings is 1. The molecular weight excluding hydrogens is 604 g/mol. The highest BCUT2D eigenvalue weighted by molar-refractivity contribution is 9.10. The number of ether oxygens (including phenoxy) is 3. The van der Waals surface area contributed by atoms with E-state index < -0.39 is 12.0 Å². The van der Waals surface area contributed by atoms with E-state index in [2.05, 4.69) is 26.8 Å². The van der Waals surface area contributed by atoms with E-state index in [1.165, 1.54) is 15.9 Å². The number of allylic oxidation sites excluding steroid dienone is 1. The minimum Gasteiger partial charge on any atom is -0.491 e. The number of carbonyl (C=O) groups excluding carboxylic acids is 1. The van der Waals surface area contributed by atoms with Crippen molar-refractivity contribution in [2.75, 3.05) is 13.2 Å². The second-order valence-corrected chi connectivity index (χ2v) is 11.1. The normalized spacial score (nSPS) is 15.0. The van der Waals surface area contributed by atoms with Crippen LogP contribution in [-0.2, 0) is 9.53 Å². The molecule has 0 aliphatic carbocycles. The summed E-state index contributed by atoms with van der Waals surface area (Å²) in [6, 6.07) is 10.1. The van der Waals surface area contributed by atoms with Crippen LogP contribution in [0.1, 0.15) is 44.9 Å². The molecule has 0 amide bonds. The smallest absolute Gasteiger partial charge is 0.338 e. The molecule has 1 aliphatic heterocycles.